The fourth-order valence-electron chi connectivity index (χ4n) is 2.35. The van der Waals surface area contributed by atoms with E-state index < -0.39 is 0 Å². The van der Waals surface area contributed by atoms with Gasteiger partial charge < -0.3 is 9.47 Å². The summed E-state index contributed by atoms with van der Waals surface area (Å²) in [4.78, 5) is 0. The van der Waals surface area contributed by atoms with Gasteiger partial charge in [-0.2, -0.15) is 0 Å². The number of hydrogen-bond acceptors (Lipinski definition) is 4. The molecule has 4 nitrogen and oxygen atoms in total. The summed E-state index contributed by atoms with van der Waals surface area (Å²) >= 11 is 6.03. The zero-order valence-electron chi connectivity index (χ0n) is 12.8. The minimum atomic E-state index is 0.565. The predicted molar refractivity (Wildman–Crippen MR) is 92.7 cm³/mol. The van der Waals surface area contributed by atoms with Gasteiger partial charge in [-0.05, 0) is 29.7 Å². The molecule has 0 heterocycles. The van der Waals surface area contributed by atoms with Crippen LogP contribution in [0.4, 0.5) is 11.4 Å². The van der Waals surface area contributed by atoms with Crippen molar-refractivity contribution >= 4 is 33.7 Å². The van der Waals surface area contributed by atoms with Crippen molar-refractivity contribution in [2.75, 3.05) is 14.2 Å². The van der Waals surface area contributed by atoms with Gasteiger partial charge in [-0.1, -0.05) is 41.9 Å². The lowest BCUT2D eigenvalue weighted by molar-refractivity contribution is 0.414. The van der Waals surface area contributed by atoms with Crippen LogP contribution in [-0.2, 0) is 0 Å². The van der Waals surface area contributed by atoms with E-state index in [0.717, 1.165) is 10.8 Å². The Hall–Kier alpha value is -2.59. The Balaban J connectivity index is 2.12. The third kappa shape index (κ3) is 3.12. The molecule has 0 unspecified atom stereocenters. The van der Waals surface area contributed by atoms with Crippen molar-refractivity contribution in [2.45, 2.75) is 0 Å². The van der Waals surface area contributed by atoms with Gasteiger partial charge in [0.15, 0.2) is 0 Å². The summed E-state index contributed by atoms with van der Waals surface area (Å²) in [5, 5.41) is 11.3. The standard InChI is InChI=1S/C18H15ClN2O2/c1-22-16-10-8-13(19)11-15(16)20-21-18-14-6-4-3-5-12(14)7-9-17(18)23-2/h3-11H,1-2H3. The topological polar surface area (TPSA) is 43.2 Å². The van der Waals surface area contributed by atoms with Gasteiger partial charge in [0, 0.05) is 10.4 Å². The van der Waals surface area contributed by atoms with Crippen LogP contribution in [0.3, 0.4) is 0 Å². The SMILES string of the molecule is COc1ccc(Cl)cc1N=Nc1c(OC)ccc2ccccc12. The lowest BCUT2D eigenvalue weighted by Gasteiger charge is -2.08. The second kappa shape index (κ2) is 6.67. The Bertz CT molecular complexity index is 878. The Labute approximate surface area is 139 Å². The highest BCUT2D eigenvalue weighted by Crippen LogP contribution is 2.38. The van der Waals surface area contributed by atoms with Crippen molar-refractivity contribution in [3.63, 3.8) is 0 Å². The number of azo groups is 1. The number of methoxy groups -OCH3 is 2. The molecule has 0 saturated heterocycles. The summed E-state index contributed by atoms with van der Waals surface area (Å²) in [6.45, 7) is 0. The van der Waals surface area contributed by atoms with Crippen LogP contribution in [-0.4, -0.2) is 14.2 Å². The summed E-state index contributed by atoms with van der Waals surface area (Å²) in [5.74, 6) is 1.27. The third-order valence-electron chi connectivity index (χ3n) is 3.48. The molecule has 23 heavy (non-hydrogen) atoms. The monoisotopic (exact) mass is 326 g/mol. The van der Waals surface area contributed by atoms with Gasteiger partial charge in [0.25, 0.3) is 0 Å². The molecule has 0 saturated carbocycles. The van der Waals surface area contributed by atoms with Gasteiger partial charge in [0.2, 0.25) is 0 Å². The molecule has 3 aromatic carbocycles. The normalized spacial score (nSPS) is 11.1. The smallest absolute Gasteiger partial charge is 0.147 e. The van der Waals surface area contributed by atoms with Gasteiger partial charge in [-0.25, -0.2) is 0 Å². The summed E-state index contributed by atoms with van der Waals surface area (Å²) in [7, 11) is 3.20. The number of halogens is 1. The van der Waals surface area contributed by atoms with Crippen LogP contribution in [0.25, 0.3) is 10.8 Å². The van der Waals surface area contributed by atoms with E-state index in [0.29, 0.717) is 27.9 Å². The predicted octanol–water partition coefficient (Wildman–Crippen LogP) is 5.93. The first kappa shape index (κ1) is 15.3. The molecule has 5 heteroatoms. The largest absolute Gasteiger partial charge is 0.494 e. The van der Waals surface area contributed by atoms with Crippen LogP contribution in [0, 0.1) is 0 Å². The molecule has 0 spiro atoms. The first-order valence-electron chi connectivity index (χ1n) is 7.04. The van der Waals surface area contributed by atoms with E-state index >= 15 is 0 Å². The maximum absolute atomic E-state index is 6.03. The second-order valence-corrected chi connectivity index (χ2v) is 5.29. The molecular weight excluding hydrogens is 312 g/mol. The van der Waals surface area contributed by atoms with Crippen LogP contribution in [0.1, 0.15) is 0 Å². The van der Waals surface area contributed by atoms with E-state index in [2.05, 4.69) is 10.2 Å². The molecule has 3 rings (SSSR count). The highest BCUT2D eigenvalue weighted by molar-refractivity contribution is 6.30. The maximum Gasteiger partial charge on any atom is 0.147 e. The van der Waals surface area contributed by atoms with Crippen molar-refractivity contribution < 1.29 is 9.47 Å². The van der Waals surface area contributed by atoms with Crippen molar-refractivity contribution in [2.24, 2.45) is 10.2 Å². The molecule has 0 aliphatic rings. The van der Waals surface area contributed by atoms with Crippen molar-refractivity contribution in [1.29, 1.82) is 0 Å². The number of ether oxygens (including phenoxy) is 2. The fourth-order valence-corrected chi connectivity index (χ4v) is 2.51. The third-order valence-corrected chi connectivity index (χ3v) is 3.72. The van der Waals surface area contributed by atoms with Crippen molar-refractivity contribution in [1.82, 2.24) is 0 Å². The summed E-state index contributed by atoms with van der Waals surface area (Å²) in [6.07, 6.45) is 0. The Kier molecular flexibility index (Phi) is 4.44. The molecule has 0 bridgehead atoms. The van der Waals surface area contributed by atoms with Crippen LogP contribution in [0.5, 0.6) is 11.5 Å². The number of hydrogen-bond donors (Lipinski definition) is 0. The Morgan fingerprint density at radius 2 is 1.57 bits per heavy atom. The van der Waals surface area contributed by atoms with Crippen molar-refractivity contribution in [3.8, 4) is 11.5 Å². The van der Waals surface area contributed by atoms with E-state index in [9.17, 15) is 0 Å². The average molecular weight is 327 g/mol. The number of fused-ring (bicyclic) bond motifs is 1. The lowest BCUT2D eigenvalue weighted by Crippen LogP contribution is -1.85. The van der Waals surface area contributed by atoms with E-state index in [1.54, 1.807) is 32.4 Å². The van der Waals surface area contributed by atoms with Crippen LogP contribution >= 0.6 is 11.6 Å². The van der Waals surface area contributed by atoms with Crippen molar-refractivity contribution in [3.05, 3.63) is 59.6 Å². The van der Waals surface area contributed by atoms with Crippen LogP contribution < -0.4 is 9.47 Å². The van der Waals surface area contributed by atoms with E-state index in [1.165, 1.54) is 0 Å². The van der Waals surface area contributed by atoms with Gasteiger partial charge in [0.1, 0.15) is 22.9 Å². The first-order chi connectivity index (χ1) is 11.2. The minimum Gasteiger partial charge on any atom is -0.494 e. The van der Waals surface area contributed by atoms with Crippen LogP contribution in [0.15, 0.2) is 64.8 Å². The second-order valence-electron chi connectivity index (χ2n) is 4.85. The Morgan fingerprint density at radius 1 is 0.826 bits per heavy atom. The lowest BCUT2D eigenvalue weighted by atomic mass is 10.1. The minimum absolute atomic E-state index is 0.565. The molecule has 0 amide bonds. The van der Waals surface area contributed by atoms with E-state index in [4.69, 9.17) is 21.1 Å². The highest BCUT2D eigenvalue weighted by atomic mass is 35.5. The van der Waals surface area contributed by atoms with Crippen LogP contribution in [0.2, 0.25) is 5.02 Å². The molecule has 0 atom stereocenters. The fraction of sp³-hybridized carbons (Fsp3) is 0.111. The molecule has 3 aromatic rings. The molecule has 0 aliphatic carbocycles. The maximum atomic E-state index is 6.03. The highest BCUT2D eigenvalue weighted by Gasteiger charge is 2.08. The first-order valence-corrected chi connectivity index (χ1v) is 7.41. The molecule has 0 aliphatic heterocycles. The van der Waals surface area contributed by atoms with E-state index in [1.807, 2.05) is 36.4 Å². The zero-order chi connectivity index (χ0) is 16.2. The molecular formula is C18H15ClN2O2. The van der Waals surface area contributed by atoms with Gasteiger partial charge in [0.05, 0.1) is 14.2 Å². The molecule has 0 radical (unpaired) electrons. The number of rotatable bonds is 4. The van der Waals surface area contributed by atoms with Gasteiger partial charge in [-0.3, -0.25) is 0 Å². The molecule has 0 fully saturated rings. The quantitative estimate of drug-likeness (QED) is 0.558. The van der Waals surface area contributed by atoms with E-state index in [-0.39, 0.29) is 0 Å². The average Bonchev–Trinajstić information content (AvgIpc) is 2.59. The Morgan fingerprint density at radius 3 is 2.35 bits per heavy atom. The summed E-state index contributed by atoms with van der Waals surface area (Å²) in [6, 6.07) is 17.0. The number of nitrogens with zero attached hydrogens (tertiary/aromatic N) is 2. The van der Waals surface area contributed by atoms with Gasteiger partial charge >= 0.3 is 0 Å². The molecule has 0 N–H and O–H groups in total. The summed E-state index contributed by atoms with van der Waals surface area (Å²) < 4.78 is 10.7. The number of benzene rings is 3. The van der Waals surface area contributed by atoms with Gasteiger partial charge in [-0.15, -0.1) is 10.2 Å². The zero-order valence-corrected chi connectivity index (χ0v) is 13.5. The molecule has 116 valence electrons. The summed E-state index contributed by atoms with van der Waals surface area (Å²) in [5.41, 5.74) is 1.24. The molecule has 0 aromatic heterocycles.